The van der Waals surface area contributed by atoms with Gasteiger partial charge in [-0.2, -0.15) is 0 Å². The Bertz CT molecular complexity index is 475. The highest BCUT2D eigenvalue weighted by Gasteiger charge is 2.05. The summed E-state index contributed by atoms with van der Waals surface area (Å²) in [5.74, 6) is 0. The van der Waals surface area contributed by atoms with Crippen molar-refractivity contribution in [2.45, 2.75) is 32.9 Å². The van der Waals surface area contributed by atoms with Gasteiger partial charge < -0.3 is 0 Å². The third-order valence-corrected chi connectivity index (χ3v) is 3.48. The van der Waals surface area contributed by atoms with Crippen LogP contribution in [0, 0.1) is 0 Å². The standard InChI is InChI=1S/C20H25N/c1-2-3-4-11-16-21(17-19-12-7-5-8-13-19)18-20-14-9-6-10-15-20/h4-15H,2-3,16-18H2,1H3/b11-4-. The Morgan fingerprint density at radius 1 is 0.762 bits per heavy atom. The predicted octanol–water partition coefficient (Wildman–Crippen LogP) is 5.05. The highest BCUT2D eigenvalue weighted by molar-refractivity contribution is 5.17. The van der Waals surface area contributed by atoms with Crippen LogP contribution in [-0.2, 0) is 13.1 Å². The van der Waals surface area contributed by atoms with Crippen LogP contribution in [0.25, 0.3) is 0 Å². The second-order valence-electron chi connectivity index (χ2n) is 5.40. The number of hydrogen-bond donors (Lipinski definition) is 0. The molecule has 0 aliphatic carbocycles. The molecule has 0 aliphatic rings. The lowest BCUT2D eigenvalue weighted by Gasteiger charge is -2.21. The quantitative estimate of drug-likeness (QED) is 0.611. The molecule has 110 valence electrons. The fourth-order valence-electron chi connectivity index (χ4n) is 2.38. The van der Waals surface area contributed by atoms with E-state index in [1.165, 1.54) is 24.0 Å². The second kappa shape index (κ2) is 9.15. The van der Waals surface area contributed by atoms with Gasteiger partial charge in [0.05, 0.1) is 0 Å². The molecule has 0 radical (unpaired) electrons. The molecule has 0 N–H and O–H groups in total. The summed E-state index contributed by atoms with van der Waals surface area (Å²) in [5.41, 5.74) is 2.75. The van der Waals surface area contributed by atoms with Gasteiger partial charge in [-0.1, -0.05) is 86.2 Å². The second-order valence-corrected chi connectivity index (χ2v) is 5.40. The molecular formula is C20H25N. The van der Waals surface area contributed by atoms with Gasteiger partial charge in [-0.3, -0.25) is 4.90 Å². The Morgan fingerprint density at radius 2 is 1.29 bits per heavy atom. The minimum Gasteiger partial charge on any atom is -0.291 e. The van der Waals surface area contributed by atoms with E-state index >= 15 is 0 Å². The molecular weight excluding hydrogens is 254 g/mol. The van der Waals surface area contributed by atoms with Crippen molar-refractivity contribution in [3.63, 3.8) is 0 Å². The van der Waals surface area contributed by atoms with Gasteiger partial charge in [-0.05, 0) is 17.5 Å². The van der Waals surface area contributed by atoms with Crippen molar-refractivity contribution in [1.29, 1.82) is 0 Å². The monoisotopic (exact) mass is 279 g/mol. The molecule has 2 aromatic carbocycles. The first-order valence-electron chi connectivity index (χ1n) is 7.83. The molecule has 0 fully saturated rings. The highest BCUT2D eigenvalue weighted by Crippen LogP contribution is 2.10. The molecule has 21 heavy (non-hydrogen) atoms. The lowest BCUT2D eigenvalue weighted by Crippen LogP contribution is -2.22. The highest BCUT2D eigenvalue weighted by atomic mass is 15.1. The van der Waals surface area contributed by atoms with Crippen LogP contribution in [0.2, 0.25) is 0 Å². The fraction of sp³-hybridized carbons (Fsp3) is 0.300. The number of rotatable bonds is 8. The van der Waals surface area contributed by atoms with Crippen molar-refractivity contribution in [2.75, 3.05) is 6.54 Å². The number of hydrogen-bond acceptors (Lipinski definition) is 1. The van der Waals surface area contributed by atoms with Crippen LogP contribution in [0.1, 0.15) is 30.9 Å². The molecule has 0 bridgehead atoms. The summed E-state index contributed by atoms with van der Waals surface area (Å²) in [6.45, 7) is 5.21. The van der Waals surface area contributed by atoms with Crippen LogP contribution in [-0.4, -0.2) is 11.4 Å². The van der Waals surface area contributed by atoms with Crippen molar-refractivity contribution in [1.82, 2.24) is 4.90 Å². The molecule has 0 saturated carbocycles. The summed E-state index contributed by atoms with van der Waals surface area (Å²) in [6, 6.07) is 21.4. The molecule has 1 heteroatoms. The third kappa shape index (κ3) is 5.97. The summed E-state index contributed by atoms with van der Waals surface area (Å²) in [5, 5.41) is 0. The smallest absolute Gasteiger partial charge is 0.0240 e. The maximum Gasteiger partial charge on any atom is 0.0240 e. The van der Waals surface area contributed by atoms with Gasteiger partial charge in [0.2, 0.25) is 0 Å². The molecule has 0 spiro atoms. The van der Waals surface area contributed by atoms with Gasteiger partial charge in [0.1, 0.15) is 0 Å². The average Bonchev–Trinajstić information content (AvgIpc) is 2.53. The minimum absolute atomic E-state index is 0.992. The SMILES string of the molecule is CCC/C=C\CN(Cc1ccccc1)Cc1ccccc1. The molecule has 0 atom stereocenters. The fourth-order valence-corrected chi connectivity index (χ4v) is 2.38. The number of benzene rings is 2. The van der Waals surface area contributed by atoms with Crippen molar-refractivity contribution in [2.24, 2.45) is 0 Å². The van der Waals surface area contributed by atoms with Crippen LogP contribution in [0.3, 0.4) is 0 Å². The predicted molar refractivity (Wildman–Crippen MR) is 91.0 cm³/mol. The molecule has 1 nitrogen and oxygen atoms in total. The van der Waals surface area contributed by atoms with Crippen molar-refractivity contribution >= 4 is 0 Å². The minimum atomic E-state index is 0.992. The number of allylic oxidation sites excluding steroid dienone is 1. The summed E-state index contributed by atoms with van der Waals surface area (Å²) in [6.07, 6.45) is 6.98. The normalized spacial score (nSPS) is 11.3. The first kappa shape index (κ1) is 15.5. The lowest BCUT2D eigenvalue weighted by atomic mass is 10.1. The summed E-state index contributed by atoms with van der Waals surface area (Å²) in [4.78, 5) is 2.48. The molecule has 0 aliphatic heterocycles. The van der Waals surface area contributed by atoms with E-state index < -0.39 is 0 Å². The van der Waals surface area contributed by atoms with Crippen LogP contribution in [0.15, 0.2) is 72.8 Å². The van der Waals surface area contributed by atoms with Crippen LogP contribution in [0.4, 0.5) is 0 Å². The van der Waals surface area contributed by atoms with Gasteiger partial charge in [-0.25, -0.2) is 0 Å². The van der Waals surface area contributed by atoms with Crippen molar-refractivity contribution in [3.8, 4) is 0 Å². The van der Waals surface area contributed by atoms with E-state index in [4.69, 9.17) is 0 Å². The van der Waals surface area contributed by atoms with Gasteiger partial charge in [0.15, 0.2) is 0 Å². The van der Waals surface area contributed by atoms with E-state index in [1.54, 1.807) is 0 Å². The molecule has 0 aromatic heterocycles. The Labute approximate surface area is 128 Å². The van der Waals surface area contributed by atoms with Gasteiger partial charge in [0.25, 0.3) is 0 Å². The molecule has 0 saturated heterocycles. The molecule has 0 unspecified atom stereocenters. The van der Waals surface area contributed by atoms with E-state index in [0.29, 0.717) is 0 Å². The number of unbranched alkanes of at least 4 members (excludes halogenated alkanes) is 1. The van der Waals surface area contributed by atoms with Gasteiger partial charge in [0, 0.05) is 19.6 Å². The molecule has 0 heterocycles. The van der Waals surface area contributed by atoms with Gasteiger partial charge >= 0.3 is 0 Å². The maximum absolute atomic E-state index is 2.48. The Balaban J connectivity index is 1.99. The first-order valence-corrected chi connectivity index (χ1v) is 7.83. The lowest BCUT2D eigenvalue weighted by molar-refractivity contribution is 0.286. The number of nitrogens with zero attached hydrogens (tertiary/aromatic N) is 1. The largest absolute Gasteiger partial charge is 0.291 e. The molecule has 2 aromatic rings. The average molecular weight is 279 g/mol. The van der Waals surface area contributed by atoms with E-state index in [9.17, 15) is 0 Å². The zero-order valence-corrected chi connectivity index (χ0v) is 12.9. The summed E-state index contributed by atoms with van der Waals surface area (Å²) < 4.78 is 0. The van der Waals surface area contributed by atoms with Crippen molar-refractivity contribution < 1.29 is 0 Å². The van der Waals surface area contributed by atoms with E-state index in [1.807, 2.05) is 0 Å². The topological polar surface area (TPSA) is 3.24 Å². The summed E-state index contributed by atoms with van der Waals surface area (Å²) in [7, 11) is 0. The Kier molecular flexibility index (Phi) is 6.76. The summed E-state index contributed by atoms with van der Waals surface area (Å²) >= 11 is 0. The maximum atomic E-state index is 2.48. The van der Waals surface area contributed by atoms with E-state index in [-0.39, 0.29) is 0 Å². The van der Waals surface area contributed by atoms with Crippen LogP contribution >= 0.6 is 0 Å². The zero-order valence-electron chi connectivity index (χ0n) is 12.9. The molecule has 2 rings (SSSR count). The zero-order chi connectivity index (χ0) is 14.8. The Hall–Kier alpha value is -1.86. The molecule has 0 amide bonds. The van der Waals surface area contributed by atoms with E-state index in [2.05, 4.69) is 84.6 Å². The van der Waals surface area contributed by atoms with Crippen molar-refractivity contribution in [3.05, 3.63) is 83.9 Å². The Morgan fingerprint density at radius 3 is 1.76 bits per heavy atom. The van der Waals surface area contributed by atoms with E-state index in [0.717, 1.165) is 19.6 Å². The third-order valence-electron chi connectivity index (χ3n) is 3.48. The van der Waals surface area contributed by atoms with Gasteiger partial charge in [-0.15, -0.1) is 0 Å². The van der Waals surface area contributed by atoms with Crippen LogP contribution < -0.4 is 0 Å². The van der Waals surface area contributed by atoms with Crippen LogP contribution in [0.5, 0.6) is 0 Å². The first-order chi connectivity index (χ1) is 10.4.